The highest BCUT2D eigenvalue weighted by molar-refractivity contribution is 8.45. The van der Waals surface area contributed by atoms with Crippen LogP contribution in [-0.2, 0) is 9.53 Å². The van der Waals surface area contributed by atoms with Crippen LogP contribution in [0.1, 0.15) is 22.8 Å². The first kappa shape index (κ1) is 14.9. The number of rotatable bonds is 3. The van der Waals surface area contributed by atoms with Crippen LogP contribution in [0.3, 0.4) is 0 Å². The molecule has 1 aliphatic rings. The van der Waals surface area contributed by atoms with E-state index in [1.165, 1.54) is 7.11 Å². The molecule has 20 heavy (non-hydrogen) atoms. The predicted octanol–water partition coefficient (Wildman–Crippen LogP) is 3.20. The van der Waals surface area contributed by atoms with Crippen LogP contribution in [-0.4, -0.2) is 28.3 Å². The highest BCUT2D eigenvalue weighted by Gasteiger charge is 2.21. The Hall–Kier alpha value is -1.53. The maximum Gasteiger partial charge on any atom is 0.337 e. The average Bonchev–Trinajstić information content (AvgIpc) is 2.79. The molecule has 1 aliphatic heterocycles. The zero-order valence-corrected chi connectivity index (χ0v) is 12.7. The molecule has 0 radical (unpaired) electrons. The number of aliphatic imine (C=N–C) groups is 1. The lowest BCUT2D eigenvalue weighted by Gasteiger charge is -1.99. The van der Waals surface area contributed by atoms with E-state index in [1.807, 2.05) is 6.92 Å². The van der Waals surface area contributed by atoms with Crippen molar-refractivity contribution < 1.29 is 14.3 Å². The number of carbonyl (C=O) groups is 2. The quantitative estimate of drug-likeness (QED) is 0.634. The fourth-order valence-electron chi connectivity index (χ4n) is 1.57. The predicted molar refractivity (Wildman–Crippen MR) is 83.9 cm³/mol. The van der Waals surface area contributed by atoms with Crippen molar-refractivity contribution in [3.63, 3.8) is 0 Å². The fraction of sp³-hybridized carbons (Fsp3) is 0.214. The van der Waals surface area contributed by atoms with Gasteiger partial charge in [0.25, 0.3) is 0 Å². The van der Waals surface area contributed by atoms with Gasteiger partial charge in [0.1, 0.15) is 10.1 Å². The summed E-state index contributed by atoms with van der Waals surface area (Å²) in [6.07, 6.45) is 1.72. The summed E-state index contributed by atoms with van der Waals surface area (Å²) in [5, 5.41) is -0.0435. The van der Waals surface area contributed by atoms with Gasteiger partial charge in [-0.25, -0.2) is 9.79 Å². The summed E-state index contributed by atoms with van der Waals surface area (Å²) in [6, 6.07) is 6.85. The van der Waals surface area contributed by atoms with Crippen LogP contribution in [0.25, 0.3) is 6.08 Å². The molecule has 1 aromatic carbocycles. The van der Waals surface area contributed by atoms with Gasteiger partial charge < -0.3 is 4.74 Å². The lowest BCUT2D eigenvalue weighted by molar-refractivity contribution is -0.107. The monoisotopic (exact) mass is 307 g/mol. The molecule has 6 heteroatoms. The molecular weight excluding hydrogens is 294 g/mol. The largest absolute Gasteiger partial charge is 0.465 e. The Balaban J connectivity index is 2.18. The number of nitrogens with zero attached hydrogens (tertiary/aromatic N) is 1. The van der Waals surface area contributed by atoms with E-state index in [1.54, 1.807) is 42.1 Å². The van der Waals surface area contributed by atoms with Crippen molar-refractivity contribution >= 4 is 45.1 Å². The molecule has 4 nitrogen and oxygen atoms in total. The molecule has 0 spiro atoms. The molecule has 0 N–H and O–H groups in total. The first-order valence-electron chi connectivity index (χ1n) is 5.97. The number of esters is 1. The molecule has 0 saturated heterocycles. The molecule has 1 aromatic rings. The Labute approximate surface area is 125 Å². The number of ether oxygens (including phenoxy) is 1. The second kappa shape index (κ2) is 6.76. The van der Waals surface area contributed by atoms with Crippen LogP contribution in [0, 0.1) is 0 Å². The number of thioether (sulfide) groups is 2. The van der Waals surface area contributed by atoms with Crippen molar-refractivity contribution in [2.75, 3.05) is 12.9 Å². The molecule has 1 heterocycles. The lowest BCUT2D eigenvalue weighted by Crippen LogP contribution is -2.00. The van der Waals surface area contributed by atoms with Gasteiger partial charge in [0.15, 0.2) is 0 Å². The van der Waals surface area contributed by atoms with Crippen LogP contribution in [0.5, 0.6) is 0 Å². The van der Waals surface area contributed by atoms with E-state index in [9.17, 15) is 9.59 Å². The van der Waals surface area contributed by atoms with Crippen LogP contribution in [0.2, 0.25) is 0 Å². The summed E-state index contributed by atoms with van der Waals surface area (Å²) in [4.78, 5) is 27.4. The van der Waals surface area contributed by atoms with E-state index in [2.05, 4.69) is 9.73 Å². The molecule has 0 amide bonds. The third-order valence-electron chi connectivity index (χ3n) is 2.50. The number of methoxy groups -OCH3 is 1. The van der Waals surface area contributed by atoms with Gasteiger partial charge in [-0.2, -0.15) is 0 Å². The van der Waals surface area contributed by atoms with E-state index < -0.39 is 0 Å². The zero-order chi connectivity index (χ0) is 14.5. The van der Waals surface area contributed by atoms with E-state index in [4.69, 9.17) is 0 Å². The summed E-state index contributed by atoms with van der Waals surface area (Å²) >= 11 is 2.72. The minimum absolute atomic E-state index is 0.0435. The third kappa shape index (κ3) is 3.52. The van der Waals surface area contributed by atoms with Gasteiger partial charge in [-0.1, -0.05) is 30.8 Å². The second-order valence-corrected chi connectivity index (χ2v) is 6.32. The maximum atomic E-state index is 11.8. The van der Waals surface area contributed by atoms with Crippen molar-refractivity contribution in [3.05, 3.63) is 41.1 Å². The third-order valence-corrected chi connectivity index (χ3v) is 4.39. The van der Waals surface area contributed by atoms with Gasteiger partial charge in [0.2, 0.25) is 5.12 Å². The number of hydrogen-bond donors (Lipinski definition) is 0. The van der Waals surface area contributed by atoms with E-state index in [0.717, 1.165) is 27.5 Å². The summed E-state index contributed by atoms with van der Waals surface area (Å²) in [5.74, 6) is 0.511. The standard InChI is InChI=1S/C14H13NO3S2/c1-3-19-14-15-11(13(17)20-14)8-9-4-6-10(7-5-9)12(16)18-2/h4-8H,3H2,1-2H3/b11-8-. The summed E-state index contributed by atoms with van der Waals surface area (Å²) in [7, 11) is 1.34. The highest BCUT2D eigenvalue weighted by Crippen LogP contribution is 2.30. The Morgan fingerprint density at radius 1 is 1.40 bits per heavy atom. The lowest BCUT2D eigenvalue weighted by atomic mass is 10.1. The van der Waals surface area contributed by atoms with Crippen molar-refractivity contribution in [1.82, 2.24) is 0 Å². The Morgan fingerprint density at radius 2 is 2.10 bits per heavy atom. The topological polar surface area (TPSA) is 55.7 Å². The second-order valence-electron chi connectivity index (χ2n) is 3.84. The van der Waals surface area contributed by atoms with Crippen molar-refractivity contribution in [2.24, 2.45) is 4.99 Å². The number of carbonyl (C=O) groups excluding carboxylic acids is 2. The van der Waals surface area contributed by atoms with Crippen molar-refractivity contribution in [2.45, 2.75) is 6.92 Å². The SMILES string of the molecule is CCSC1=N/C(=C\c2ccc(C(=O)OC)cc2)C(=O)S1. The molecule has 0 aliphatic carbocycles. The maximum absolute atomic E-state index is 11.8. The Kier molecular flexibility index (Phi) is 5.03. The molecule has 0 fully saturated rings. The van der Waals surface area contributed by atoms with Gasteiger partial charge >= 0.3 is 5.97 Å². The summed E-state index contributed by atoms with van der Waals surface area (Å²) < 4.78 is 5.42. The Morgan fingerprint density at radius 3 is 2.70 bits per heavy atom. The molecule has 0 bridgehead atoms. The first-order chi connectivity index (χ1) is 9.63. The van der Waals surface area contributed by atoms with Gasteiger partial charge in [0, 0.05) is 0 Å². The molecule has 0 atom stereocenters. The summed E-state index contributed by atoms with van der Waals surface area (Å²) in [5.41, 5.74) is 1.75. The van der Waals surface area contributed by atoms with Gasteiger partial charge in [-0.05, 0) is 41.3 Å². The highest BCUT2D eigenvalue weighted by atomic mass is 32.2. The fourth-order valence-corrected chi connectivity index (χ4v) is 3.30. The van der Waals surface area contributed by atoms with E-state index in [0.29, 0.717) is 11.3 Å². The van der Waals surface area contributed by atoms with Crippen LogP contribution < -0.4 is 0 Å². The smallest absolute Gasteiger partial charge is 0.337 e. The van der Waals surface area contributed by atoms with Crippen LogP contribution >= 0.6 is 23.5 Å². The van der Waals surface area contributed by atoms with E-state index in [-0.39, 0.29) is 11.1 Å². The van der Waals surface area contributed by atoms with Gasteiger partial charge in [-0.15, -0.1) is 0 Å². The van der Waals surface area contributed by atoms with Gasteiger partial charge in [0.05, 0.1) is 12.7 Å². The minimum atomic E-state index is -0.378. The molecule has 0 saturated carbocycles. The van der Waals surface area contributed by atoms with Crippen molar-refractivity contribution in [3.8, 4) is 0 Å². The normalized spacial score (nSPS) is 16.4. The molecule has 104 valence electrons. The molecule has 0 unspecified atom stereocenters. The average molecular weight is 307 g/mol. The first-order valence-corrected chi connectivity index (χ1v) is 7.78. The van der Waals surface area contributed by atoms with Gasteiger partial charge in [-0.3, -0.25) is 4.79 Å². The minimum Gasteiger partial charge on any atom is -0.465 e. The van der Waals surface area contributed by atoms with E-state index >= 15 is 0 Å². The van der Waals surface area contributed by atoms with Crippen molar-refractivity contribution in [1.29, 1.82) is 0 Å². The summed E-state index contributed by atoms with van der Waals surface area (Å²) in [6.45, 7) is 2.02. The molecule has 2 rings (SSSR count). The Bertz CT molecular complexity index is 591. The number of benzene rings is 1. The molecular formula is C14H13NO3S2. The zero-order valence-electron chi connectivity index (χ0n) is 11.1. The van der Waals surface area contributed by atoms with Crippen LogP contribution in [0.15, 0.2) is 35.0 Å². The molecule has 0 aromatic heterocycles. The number of hydrogen-bond acceptors (Lipinski definition) is 6. The van der Waals surface area contributed by atoms with Crippen LogP contribution in [0.4, 0.5) is 0 Å².